The molecule has 0 aromatic rings. The zero-order valence-corrected chi connectivity index (χ0v) is 7.36. The number of hydrogen-bond acceptors (Lipinski definition) is 2. The summed E-state index contributed by atoms with van der Waals surface area (Å²) in [5, 5.41) is 4.06. The van der Waals surface area contributed by atoms with Gasteiger partial charge in [0.1, 0.15) is 0 Å². The van der Waals surface area contributed by atoms with Crippen molar-refractivity contribution in [1.29, 1.82) is 0 Å². The Kier molecular flexibility index (Phi) is 3.89. The van der Waals surface area contributed by atoms with Crippen molar-refractivity contribution in [3.8, 4) is 0 Å². The largest absolute Gasteiger partial charge is 0.231 e. The van der Waals surface area contributed by atoms with Gasteiger partial charge in [0, 0.05) is 0 Å². The van der Waals surface area contributed by atoms with Crippen LogP contribution in [0.3, 0.4) is 0 Å². The Hall–Kier alpha value is -0.0900. The predicted molar refractivity (Wildman–Crippen MR) is 42.1 cm³/mol. The molecule has 0 unspecified atom stereocenters. The van der Waals surface area contributed by atoms with Crippen LogP contribution in [-0.2, 0) is 10.9 Å². The van der Waals surface area contributed by atoms with Crippen LogP contribution in [0.5, 0.6) is 0 Å². The van der Waals surface area contributed by atoms with E-state index < -0.39 is 10.9 Å². The van der Waals surface area contributed by atoms with E-state index in [4.69, 9.17) is 8.42 Å². The number of hydrogen-bond donors (Lipinski definition) is 2. The summed E-state index contributed by atoms with van der Waals surface area (Å²) in [5.41, 5.74) is 0.722. The molecule has 4 heteroatoms. The van der Waals surface area contributed by atoms with Crippen molar-refractivity contribution in [2.45, 2.75) is 33.1 Å². The Morgan fingerprint density at radius 1 is 1.30 bits per heavy atom. The van der Waals surface area contributed by atoms with Crippen LogP contribution < -0.4 is 5.14 Å². The summed E-state index contributed by atoms with van der Waals surface area (Å²) in [7, 11) is -2.62. The van der Waals surface area contributed by atoms with Crippen LogP contribution in [0, 0.1) is 5.41 Å². The smallest absolute Gasteiger partial charge is 0.198 e. The Morgan fingerprint density at radius 2 is 1.50 bits per heavy atom. The Morgan fingerprint density at radius 3 is 1.50 bits per heavy atom. The minimum atomic E-state index is -2.62. The highest BCUT2D eigenvalue weighted by atomic mass is 32.2. The Balaban J connectivity index is 0.000000180. The summed E-state index contributed by atoms with van der Waals surface area (Å²) < 4.78 is 17.6. The summed E-state index contributed by atoms with van der Waals surface area (Å²) in [6, 6.07) is 0. The molecule has 0 amide bonds. The molecule has 0 radical (unpaired) electrons. The fourth-order valence-electron chi connectivity index (χ4n) is 0.884. The third-order valence-corrected chi connectivity index (χ3v) is 1.71. The van der Waals surface area contributed by atoms with Crippen molar-refractivity contribution in [1.82, 2.24) is 0 Å². The van der Waals surface area contributed by atoms with Crippen LogP contribution in [0.25, 0.3) is 0 Å². The highest BCUT2D eigenvalue weighted by Gasteiger charge is 2.24. The third kappa shape index (κ3) is 6.04. The lowest BCUT2D eigenvalue weighted by Crippen LogP contribution is -2.20. The van der Waals surface area contributed by atoms with E-state index in [-0.39, 0.29) is 0 Å². The molecule has 0 spiro atoms. The standard InChI is InChI=1S/C6H12.H3NO2S/c1-6(2)4-3-5-6;1-4(2)3/h3-5H2,1-2H3;4H,(H2,1,2,3). The molecule has 3 nitrogen and oxygen atoms in total. The highest BCUT2D eigenvalue weighted by Crippen LogP contribution is 2.38. The van der Waals surface area contributed by atoms with E-state index in [9.17, 15) is 0 Å². The van der Waals surface area contributed by atoms with Crippen molar-refractivity contribution in [3.05, 3.63) is 0 Å². The topological polar surface area (TPSA) is 60.2 Å². The Labute approximate surface area is 63.7 Å². The van der Waals surface area contributed by atoms with E-state index in [0.717, 1.165) is 5.41 Å². The van der Waals surface area contributed by atoms with Gasteiger partial charge in [-0.3, -0.25) is 0 Å². The zero-order valence-electron chi connectivity index (χ0n) is 6.46. The molecule has 10 heavy (non-hydrogen) atoms. The van der Waals surface area contributed by atoms with Gasteiger partial charge in [-0.05, 0) is 18.3 Å². The maximum absolute atomic E-state index is 8.81. The molecule has 1 fully saturated rings. The fourth-order valence-corrected chi connectivity index (χ4v) is 0.884. The number of nitrogens with two attached hydrogens (primary N) is 1. The summed E-state index contributed by atoms with van der Waals surface area (Å²) in [6.45, 7) is 4.66. The lowest BCUT2D eigenvalue weighted by molar-refractivity contribution is 0.190. The Bertz CT molecular complexity index is 149. The average Bonchev–Trinajstić information content (AvgIpc) is 1.60. The van der Waals surface area contributed by atoms with Crippen molar-refractivity contribution in [2.24, 2.45) is 10.6 Å². The van der Waals surface area contributed by atoms with Crippen LogP contribution in [0.15, 0.2) is 0 Å². The molecule has 0 bridgehead atoms. The zero-order chi connectivity index (χ0) is 8.20. The molecule has 0 atom stereocenters. The number of thiol groups is 1. The van der Waals surface area contributed by atoms with Crippen LogP contribution in [0.4, 0.5) is 0 Å². The van der Waals surface area contributed by atoms with Gasteiger partial charge in [0.05, 0.1) is 0 Å². The summed E-state index contributed by atoms with van der Waals surface area (Å²) in [6.07, 6.45) is 4.37. The first-order valence-corrected chi connectivity index (χ1v) is 4.58. The van der Waals surface area contributed by atoms with Crippen molar-refractivity contribution < 1.29 is 8.42 Å². The van der Waals surface area contributed by atoms with Crippen LogP contribution in [-0.4, -0.2) is 8.42 Å². The maximum Gasteiger partial charge on any atom is 0.198 e. The molecule has 0 aromatic carbocycles. The van der Waals surface area contributed by atoms with Gasteiger partial charge in [-0.25, -0.2) is 13.6 Å². The first kappa shape index (κ1) is 9.91. The minimum absolute atomic E-state index is 0.722. The van der Waals surface area contributed by atoms with Gasteiger partial charge < -0.3 is 0 Å². The molecule has 1 aliphatic rings. The monoisotopic (exact) mass is 165 g/mol. The first-order valence-electron chi connectivity index (χ1n) is 3.33. The molecule has 1 aliphatic carbocycles. The molecule has 0 saturated heterocycles. The van der Waals surface area contributed by atoms with Gasteiger partial charge in [0.25, 0.3) is 0 Å². The second-order valence-electron chi connectivity index (χ2n) is 3.30. The van der Waals surface area contributed by atoms with Crippen molar-refractivity contribution >= 4 is 10.9 Å². The molecule has 62 valence electrons. The lowest BCUT2D eigenvalue weighted by Gasteiger charge is -2.33. The normalized spacial score (nSPS) is 20.8. The van der Waals surface area contributed by atoms with Crippen LogP contribution in [0.2, 0.25) is 0 Å². The summed E-state index contributed by atoms with van der Waals surface area (Å²) >= 11 is 0. The van der Waals surface area contributed by atoms with E-state index in [2.05, 4.69) is 19.0 Å². The number of rotatable bonds is 0. The van der Waals surface area contributed by atoms with E-state index in [1.54, 1.807) is 0 Å². The second kappa shape index (κ2) is 3.93. The van der Waals surface area contributed by atoms with Gasteiger partial charge >= 0.3 is 0 Å². The maximum atomic E-state index is 8.81. The molecular formula is C6H15NO2S. The predicted octanol–water partition coefficient (Wildman–Crippen LogP) is 0.668. The average molecular weight is 165 g/mol. The van der Waals surface area contributed by atoms with Crippen molar-refractivity contribution in [3.63, 3.8) is 0 Å². The summed E-state index contributed by atoms with van der Waals surface area (Å²) in [4.78, 5) is 0. The van der Waals surface area contributed by atoms with Gasteiger partial charge in [-0.15, -0.1) is 0 Å². The molecule has 0 aromatic heterocycles. The quantitative estimate of drug-likeness (QED) is 0.518. The van der Waals surface area contributed by atoms with Gasteiger partial charge in [0.15, 0.2) is 10.9 Å². The van der Waals surface area contributed by atoms with Crippen LogP contribution >= 0.6 is 0 Å². The molecular weight excluding hydrogens is 150 g/mol. The van der Waals surface area contributed by atoms with E-state index in [1.165, 1.54) is 19.3 Å². The molecule has 0 aliphatic heterocycles. The van der Waals surface area contributed by atoms with Gasteiger partial charge in [0.2, 0.25) is 0 Å². The first-order chi connectivity index (χ1) is 4.44. The molecule has 0 heterocycles. The van der Waals surface area contributed by atoms with Crippen molar-refractivity contribution in [2.75, 3.05) is 0 Å². The van der Waals surface area contributed by atoms with E-state index >= 15 is 0 Å². The van der Waals surface area contributed by atoms with Crippen LogP contribution in [0.1, 0.15) is 33.1 Å². The molecule has 2 N–H and O–H groups in total. The fraction of sp³-hybridized carbons (Fsp3) is 1.00. The molecule has 1 rings (SSSR count). The SMILES string of the molecule is CC1(C)CCC1.N[SH](=O)=O. The van der Waals surface area contributed by atoms with E-state index in [1.807, 2.05) is 0 Å². The third-order valence-electron chi connectivity index (χ3n) is 1.71. The molecule has 1 saturated carbocycles. The lowest BCUT2D eigenvalue weighted by atomic mass is 9.72. The summed E-state index contributed by atoms with van der Waals surface area (Å²) in [5.74, 6) is 0. The van der Waals surface area contributed by atoms with E-state index in [0.29, 0.717) is 0 Å². The second-order valence-corrected chi connectivity index (χ2v) is 3.87. The van der Waals surface area contributed by atoms with Gasteiger partial charge in [-0.2, -0.15) is 0 Å². The van der Waals surface area contributed by atoms with Gasteiger partial charge in [-0.1, -0.05) is 20.3 Å². The highest BCUT2D eigenvalue weighted by molar-refractivity contribution is 7.69. The minimum Gasteiger partial charge on any atom is -0.231 e.